The van der Waals surface area contributed by atoms with Crippen molar-refractivity contribution >= 4 is 17.5 Å². The van der Waals surface area contributed by atoms with Crippen molar-refractivity contribution in [1.29, 1.82) is 0 Å². The third kappa shape index (κ3) is 4.53. The highest BCUT2D eigenvalue weighted by molar-refractivity contribution is 5.90. The summed E-state index contributed by atoms with van der Waals surface area (Å²) in [5.41, 5.74) is 6.75. The van der Waals surface area contributed by atoms with Gasteiger partial charge in [-0.1, -0.05) is 0 Å². The number of benzene rings is 1. The molecule has 0 atom stereocenters. The number of hydrogen-bond acceptors (Lipinski definition) is 5. The number of amides is 1. The first-order valence-electron chi connectivity index (χ1n) is 7.47. The van der Waals surface area contributed by atoms with Gasteiger partial charge < -0.3 is 20.5 Å². The Morgan fingerprint density at radius 1 is 1.27 bits per heavy atom. The van der Waals surface area contributed by atoms with Crippen LogP contribution < -0.4 is 21.1 Å². The Bertz CT molecular complexity index is 534. The molecule has 0 spiro atoms. The average Bonchev–Trinajstić information content (AvgIpc) is 2.36. The van der Waals surface area contributed by atoms with Crippen molar-refractivity contribution < 1.29 is 14.3 Å². The van der Waals surface area contributed by atoms with Crippen molar-refractivity contribution in [2.75, 3.05) is 17.7 Å². The van der Waals surface area contributed by atoms with E-state index in [2.05, 4.69) is 10.6 Å². The van der Waals surface area contributed by atoms with Crippen LogP contribution in [0.2, 0.25) is 0 Å². The molecule has 1 saturated carbocycles. The maximum atomic E-state index is 11.9. The molecule has 4 N–H and O–H groups in total. The molecule has 6 nitrogen and oxygen atoms in total. The van der Waals surface area contributed by atoms with Crippen LogP contribution in [-0.4, -0.2) is 30.9 Å². The summed E-state index contributed by atoms with van der Waals surface area (Å²) >= 11 is 0. The second kappa shape index (κ2) is 6.44. The summed E-state index contributed by atoms with van der Waals surface area (Å²) in [5.74, 6) is 0.723. The first-order chi connectivity index (χ1) is 10.3. The molecule has 122 valence electrons. The third-order valence-corrected chi connectivity index (χ3v) is 3.40. The monoisotopic (exact) mass is 307 g/mol. The Labute approximate surface area is 131 Å². The summed E-state index contributed by atoms with van der Waals surface area (Å²) in [4.78, 5) is 11.9. The highest BCUT2D eigenvalue weighted by Gasteiger charge is 2.26. The van der Waals surface area contributed by atoms with Crippen LogP contribution in [0.1, 0.15) is 33.6 Å². The van der Waals surface area contributed by atoms with Crippen LogP contribution in [0.3, 0.4) is 0 Å². The van der Waals surface area contributed by atoms with Gasteiger partial charge in [0.15, 0.2) is 0 Å². The topological polar surface area (TPSA) is 85.6 Å². The Balaban J connectivity index is 2.09. The minimum absolute atomic E-state index is 0.255. The number of ether oxygens (including phenoxy) is 2. The van der Waals surface area contributed by atoms with Crippen LogP contribution in [0.5, 0.6) is 5.75 Å². The van der Waals surface area contributed by atoms with Gasteiger partial charge >= 0.3 is 6.09 Å². The Morgan fingerprint density at radius 2 is 1.95 bits per heavy atom. The van der Waals surface area contributed by atoms with E-state index >= 15 is 0 Å². The standard InChI is InChI=1S/C16H25N3O3/c1-16(2,3)22-15(20)19-13-6-5-12(21-4)9-14(13)18-11-7-10(17)8-11/h5-6,9-11,18H,7-8,17H2,1-4H3,(H,19,20). The highest BCUT2D eigenvalue weighted by Crippen LogP contribution is 2.31. The summed E-state index contributed by atoms with van der Waals surface area (Å²) < 4.78 is 10.5. The normalized spacial score (nSPS) is 20.8. The summed E-state index contributed by atoms with van der Waals surface area (Å²) in [6, 6.07) is 6.02. The molecule has 22 heavy (non-hydrogen) atoms. The number of carbonyl (C=O) groups excluding carboxylic acids is 1. The van der Waals surface area contributed by atoms with Gasteiger partial charge in [0.2, 0.25) is 0 Å². The number of carbonyl (C=O) groups is 1. The number of nitrogens with two attached hydrogens (primary N) is 1. The molecule has 0 saturated heterocycles. The fourth-order valence-corrected chi connectivity index (χ4v) is 2.29. The highest BCUT2D eigenvalue weighted by atomic mass is 16.6. The summed E-state index contributed by atoms with van der Waals surface area (Å²) in [5, 5.41) is 6.16. The van der Waals surface area contributed by atoms with Crippen LogP contribution in [0.25, 0.3) is 0 Å². The SMILES string of the molecule is COc1ccc(NC(=O)OC(C)(C)C)c(NC2CC(N)C2)c1. The van der Waals surface area contributed by atoms with Crippen molar-refractivity contribution in [2.45, 2.75) is 51.3 Å². The molecule has 0 unspecified atom stereocenters. The predicted octanol–water partition coefficient (Wildman–Crippen LogP) is 2.94. The maximum Gasteiger partial charge on any atom is 0.412 e. The number of methoxy groups -OCH3 is 1. The molecule has 0 aliphatic heterocycles. The van der Waals surface area contributed by atoms with Crippen molar-refractivity contribution in [3.05, 3.63) is 18.2 Å². The first-order valence-corrected chi connectivity index (χ1v) is 7.47. The minimum Gasteiger partial charge on any atom is -0.497 e. The molecule has 0 radical (unpaired) electrons. The molecule has 1 aromatic carbocycles. The van der Waals surface area contributed by atoms with Crippen molar-refractivity contribution in [1.82, 2.24) is 0 Å². The lowest BCUT2D eigenvalue weighted by Gasteiger charge is -2.34. The predicted molar refractivity (Wildman–Crippen MR) is 87.5 cm³/mol. The van der Waals surface area contributed by atoms with Gasteiger partial charge in [-0.3, -0.25) is 5.32 Å². The maximum absolute atomic E-state index is 11.9. The zero-order chi connectivity index (χ0) is 16.3. The fraction of sp³-hybridized carbons (Fsp3) is 0.562. The van der Waals surface area contributed by atoms with Gasteiger partial charge in [0.05, 0.1) is 18.5 Å². The quantitative estimate of drug-likeness (QED) is 0.796. The van der Waals surface area contributed by atoms with Crippen molar-refractivity contribution in [3.63, 3.8) is 0 Å². The van der Waals surface area contributed by atoms with E-state index in [-0.39, 0.29) is 6.04 Å². The zero-order valence-electron chi connectivity index (χ0n) is 13.6. The number of nitrogens with one attached hydrogen (secondary N) is 2. The van der Waals surface area contributed by atoms with Gasteiger partial charge in [-0.25, -0.2) is 4.79 Å². The first kappa shape index (κ1) is 16.4. The van der Waals surface area contributed by atoms with E-state index in [9.17, 15) is 4.79 Å². The minimum atomic E-state index is -0.537. The Morgan fingerprint density at radius 3 is 2.50 bits per heavy atom. The summed E-state index contributed by atoms with van der Waals surface area (Å²) in [6.45, 7) is 5.49. The van der Waals surface area contributed by atoms with E-state index < -0.39 is 11.7 Å². The zero-order valence-corrected chi connectivity index (χ0v) is 13.6. The molecular formula is C16H25N3O3. The summed E-state index contributed by atoms with van der Waals surface area (Å²) in [7, 11) is 1.61. The molecule has 1 amide bonds. The molecule has 2 rings (SSSR count). The lowest BCUT2D eigenvalue weighted by atomic mass is 9.87. The number of hydrogen-bond donors (Lipinski definition) is 3. The lowest BCUT2D eigenvalue weighted by Crippen LogP contribution is -2.44. The van der Waals surface area contributed by atoms with Crippen molar-refractivity contribution in [3.8, 4) is 5.75 Å². The van der Waals surface area contributed by atoms with E-state index in [1.165, 1.54) is 0 Å². The lowest BCUT2D eigenvalue weighted by molar-refractivity contribution is 0.0636. The molecule has 0 aromatic heterocycles. The van der Waals surface area contributed by atoms with Gasteiger partial charge in [0, 0.05) is 18.2 Å². The summed E-state index contributed by atoms with van der Waals surface area (Å²) in [6.07, 6.45) is 1.36. The Hall–Kier alpha value is -1.95. The smallest absolute Gasteiger partial charge is 0.412 e. The van der Waals surface area contributed by atoms with Crippen LogP contribution in [0.15, 0.2) is 18.2 Å². The van der Waals surface area contributed by atoms with Crippen LogP contribution in [0, 0.1) is 0 Å². The average molecular weight is 307 g/mol. The van der Waals surface area contributed by atoms with Crippen molar-refractivity contribution in [2.24, 2.45) is 5.73 Å². The van der Waals surface area contributed by atoms with Gasteiger partial charge in [0.1, 0.15) is 11.4 Å². The van der Waals surface area contributed by atoms with E-state index in [1.807, 2.05) is 26.8 Å². The van der Waals surface area contributed by atoms with Gasteiger partial charge in [-0.2, -0.15) is 0 Å². The molecule has 1 aliphatic rings. The second-order valence-corrected chi connectivity index (χ2v) is 6.61. The molecular weight excluding hydrogens is 282 g/mol. The molecule has 0 bridgehead atoms. The van der Waals surface area contributed by atoms with Crippen LogP contribution >= 0.6 is 0 Å². The van der Waals surface area contributed by atoms with E-state index in [0.29, 0.717) is 11.7 Å². The largest absolute Gasteiger partial charge is 0.497 e. The van der Waals surface area contributed by atoms with Crippen LogP contribution in [-0.2, 0) is 4.74 Å². The molecule has 1 fully saturated rings. The van der Waals surface area contributed by atoms with E-state index in [1.54, 1.807) is 19.2 Å². The Kier molecular flexibility index (Phi) is 4.81. The van der Waals surface area contributed by atoms with E-state index in [0.717, 1.165) is 24.3 Å². The fourth-order valence-electron chi connectivity index (χ4n) is 2.29. The molecule has 1 aliphatic carbocycles. The van der Waals surface area contributed by atoms with E-state index in [4.69, 9.17) is 15.2 Å². The molecule has 0 heterocycles. The number of rotatable bonds is 4. The molecule has 6 heteroatoms. The number of anilines is 2. The molecule has 1 aromatic rings. The second-order valence-electron chi connectivity index (χ2n) is 6.61. The van der Waals surface area contributed by atoms with Gasteiger partial charge in [-0.15, -0.1) is 0 Å². The van der Waals surface area contributed by atoms with Gasteiger partial charge in [0.25, 0.3) is 0 Å². The third-order valence-electron chi connectivity index (χ3n) is 3.40. The van der Waals surface area contributed by atoms with Gasteiger partial charge in [-0.05, 0) is 45.7 Å². The van der Waals surface area contributed by atoms with Crippen LogP contribution in [0.4, 0.5) is 16.2 Å².